The molecule has 14 heavy (non-hydrogen) atoms. The van der Waals surface area contributed by atoms with E-state index in [-0.39, 0.29) is 0 Å². The topological polar surface area (TPSA) is 13.1 Å². The highest BCUT2D eigenvalue weighted by Gasteiger charge is 2.01. The van der Waals surface area contributed by atoms with Crippen LogP contribution in [0.15, 0.2) is 34.8 Å². The van der Waals surface area contributed by atoms with E-state index in [4.69, 9.17) is 4.42 Å². The number of furan rings is 1. The van der Waals surface area contributed by atoms with Crippen LogP contribution in [0.4, 0.5) is 8.78 Å². The number of fused-ring (bicyclic) bond motifs is 1. The predicted octanol–water partition coefficient (Wildman–Crippen LogP) is 3.85. The fourth-order valence-corrected chi connectivity index (χ4v) is 1.33. The van der Waals surface area contributed by atoms with Crippen LogP contribution in [0, 0.1) is 6.92 Å². The maximum Gasteiger partial charge on any atom is 0.270 e. The zero-order chi connectivity index (χ0) is 10.1. The normalized spacial score (nSPS) is 10.5. The summed E-state index contributed by atoms with van der Waals surface area (Å²) in [5.74, 6) is 0.529. The third-order valence-corrected chi connectivity index (χ3v) is 1.87. The van der Waals surface area contributed by atoms with E-state index in [1.807, 2.05) is 0 Å². The molecule has 0 aliphatic rings. The minimum atomic E-state index is -1.71. The van der Waals surface area contributed by atoms with Gasteiger partial charge in [-0.25, -0.2) is 0 Å². The highest BCUT2D eigenvalue weighted by atomic mass is 19.3. The van der Waals surface area contributed by atoms with Crippen molar-refractivity contribution < 1.29 is 13.2 Å². The molecule has 0 N–H and O–H groups in total. The Balaban J connectivity index is 2.56. The van der Waals surface area contributed by atoms with E-state index < -0.39 is 6.08 Å². The molecule has 71 valence electrons. The second-order valence-electron chi connectivity index (χ2n) is 2.94. The van der Waals surface area contributed by atoms with Crippen molar-refractivity contribution in [2.75, 3.05) is 0 Å². The number of benzene rings is 1. The Kier molecular flexibility index (Phi) is 2.08. The molecule has 2 aromatic rings. The maximum atomic E-state index is 12.0. The minimum Gasteiger partial charge on any atom is -0.461 e. The van der Waals surface area contributed by atoms with Crippen LogP contribution in [0.1, 0.15) is 11.3 Å². The van der Waals surface area contributed by atoms with Crippen molar-refractivity contribution in [1.29, 1.82) is 0 Å². The van der Waals surface area contributed by atoms with E-state index in [0.29, 0.717) is 16.9 Å². The summed E-state index contributed by atoms with van der Waals surface area (Å²) in [6, 6.07) is 6.57. The van der Waals surface area contributed by atoms with Gasteiger partial charge in [0.1, 0.15) is 11.3 Å². The molecule has 0 unspecified atom stereocenters. The lowest BCUT2D eigenvalue weighted by molar-refractivity contribution is 0.429. The van der Waals surface area contributed by atoms with E-state index in [0.717, 1.165) is 11.5 Å². The summed E-state index contributed by atoms with van der Waals surface area (Å²) in [7, 11) is 0. The fraction of sp³-hybridized carbons (Fsp3) is 0. The molecular formula is C11H7F2O. The summed E-state index contributed by atoms with van der Waals surface area (Å²) in [5.41, 5.74) is 1.12. The van der Waals surface area contributed by atoms with Crippen molar-refractivity contribution in [3.8, 4) is 0 Å². The second kappa shape index (κ2) is 3.25. The van der Waals surface area contributed by atoms with Crippen LogP contribution in [0.3, 0.4) is 0 Å². The first-order chi connectivity index (χ1) is 6.65. The SMILES string of the molecule is [CH2]c1cc2cc(C=C(F)F)ccc2o1. The lowest BCUT2D eigenvalue weighted by Crippen LogP contribution is -1.71. The number of hydrogen-bond acceptors (Lipinski definition) is 1. The van der Waals surface area contributed by atoms with Crippen LogP contribution in [-0.2, 0) is 0 Å². The molecular weight excluding hydrogens is 186 g/mol. The largest absolute Gasteiger partial charge is 0.461 e. The number of halogens is 2. The van der Waals surface area contributed by atoms with Gasteiger partial charge in [0.25, 0.3) is 6.08 Å². The molecule has 0 saturated heterocycles. The van der Waals surface area contributed by atoms with E-state index >= 15 is 0 Å². The van der Waals surface area contributed by atoms with E-state index in [1.54, 1.807) is 24.3 Å². The van der Waals surface area contributed by atoms with Gasteiger partial charge in [-0.15, -0.1) is 0 Å². The van der Waals surface area contributed by atoms with Crippen LogP contribution in [0.5, 0.6) is 0 Å². The van der Waals surface area contributed by atoms with Gasteiger partial charge in [-0.1, -0.05) is 6.07 Å². The lowest BCUT2D eigenvalue weighted by atomic mass is 10.1. The molecule has 0 atom stereocenters. The first-order valence-corrected chi connectivity index (χ1v) is 4.03. The molecule has 0 fully saturated rings. The van der Waals surface area contributed by atoms with Crippen LogP contribution in [0.2, 0.25) is 0 Å². The summed E-state index contributed by atoms with van der Waals surface area (Å²) in [6.07, 6.45) is -0.891. The Labute approximate surface area is 79.6 Å². The number of hydrogen-bond donors (Lipinski definition) is 0. The highest BCUT2D eigenvalue weighted by molar-refractivity contribution is 5.81. The van der Waals surface area contributed by atoms with Crippen molar-refractivity contribution in [2.24, 2.45) is 0 Å². The van der Waals surface area contributed by atoms with Crippen molar-refractivity contribution in [3.63, 3.8) is 0 Å². The predicted molar refractivity (Wildman–Crippen MR) is 50.9 cm³/mol. The smallest absolute Gasteiger partial charge is 0.270 e. The molecule has 0 saturated carbocycles. The van der Waals surface area contributed by atoms with Crippen molar-refractivity contribution in [2.45, 2.75) is 0 Å². The van der Waals surface area contributed by atoms with Gasteiger partial charge in [0.2, 0.25) is 0 Å². The molecule has 0 aliphatic heterocycles. The van der Waals surface area contributed by atoms with Gasteiger partial charge < -0.3 is 4.42 Å². The molecule has 0 amide bonds. The molecule has 1 radical (unpaired) electrons. The molecule has 1 heterocycles. The van der Waals surface area contributed by atoms with E-state index in [1.165, 1.54) is 0 Å². The standard InChI is InChI=1S/C11H7F2O/c1-7-4-9-5-8(6-11(12)13)2-3-10(9)14-7/h2-6H,1H2. The summed E-state index contributed by atoms with van der Waals surface area (Å²) >= 11 is 0. The quantitative estimate of drug-likeness (QED) is 0.670. The average molecular weight is 193 g/mol. The zero-order valence-corrected chi connectivity index (χ0v) is 7.26. The highest BCUT2D eigenvalue weighted by Crippen LogP contribution is 2.21. The summed E-state index contributed by atoms with van der Waals surface area (Å²) in [6.45, 7) is 3.62. The molecule has 2 rings (SSSR count). The molecule has 1 nitrogen and oxygen atoms in total. The molecule has 1 aromatic carbocycles. The Hall–Kier alpha value is -1.64. The van der Waals surface area contributed by atoms with Crippen LogP contribution in [-0.4, -0.2) is 0 Å². The Morgan fingerprint density at radius 2 is 2.07 bits per heavy atom. The summed E-state index contributed by atoms with van der Waals surface area (Å²) in [5, 5.41) is 0.782. The van der Waals surface area contributed by atoms with Crippen molar-refractivity contribution >= 4 is 17.0 Å². The van der Waals surface area contributed by atoms with E-state index in [9.17, 15) is 8.78 Å². The minimum absolute atomic E-state index is 0.457. The van der Waals surface area contributed by atoms with Gasteiger partial charge in [-0.05, 0) is 23.8 Å². The molecule has 3 heteroatoms. The van der Waals surface area contributed by atoms with Gasteiger partial charge in [0, 0.05) is 18.4 Å². The molecule has 1 aromatic heterocycles. The number of rotatable bonds is 1. The van der Waals surface area contributed by atoms with Crippen LogP contribution in [0.25, 0.3) is 17.0 Å². The van der Waals surface area contributed by atoms with Gasteiger partial charge in [0.05, 0.1) is 0 Å². The average Bonchev–Trinajstić information content (AvgIpc) is 2.42. The fourth-order valence-electron chi connectivity index (χ4n) is 1.33. The lowest BCUT2D eigenvalue weighted by Gasteiger charge is -1.91. The van der Waals surface area contributed by atoms with Crippen molar-refractivity contribution in [3.05, 3.63) is 48.6 Å². The van der Waals surface area contributed by atoms with Gasteiger partial charge in [-0.2, -0.15) is 8.78 Å². The van der Waals surface area contributed by atoms with Crippen LogP contribution < -0.4 is 0 Å². The first-order valence-electron chi connectivity index (χ1n) is 4.03. The zero-order valence-electron chi connectivity index (χ0n) is 7.26. The van der Waals surface area contributed by atoms with E-state index in [2.05, 4.69) is 6.92 Å². The monoisotopic (exact) mass is 193 g/mol. The Morgan fingerprint density at radius 3 is 2.79 bits per heavy atom. The Bertz CT molecular complexity index is 493. The third kappa shape index (κ3) is 1.66. The summed E-state index contributed by atoms with van der Waals surface area (Å²) in [4.78, 5) is 0. The van der Waals surface area contributed by atoms with Gasteiger partial charge in [-0.3, -0.25) is 0 Å². The summed E-state index contributed by atoms with van der Waals surface area (Å²) < 4.78 is 29.1. The second-order valence-corrected chi connectivity index (χ2v) is 2.94. The molecule has 0 aliphatic carbocycles. The first kappa shape index (κ1) is 8.94. The van der Waals surface area contributed by atoms with Crippen molar-refractivity contribution in [1.82, 2.24) is 0 Å². The maximum absolute atomic E-state index is 12.0. The van der Waals surface area contributed by atoms with Crippen LogP contribution >= 0.6 is 0 Å². The molecule has 0 spiro atoms. The van der Waals surface area contributed by atoms with Gasteiger partial charge in [0.15, 0.2) is 0 Å². The molecule has 0 bridgehead atoms. The third-order valence-electron chi connectivity index (χ3n) is 1.87. The Morgan fingerprint density at radius 1 is 1.29 bits per heavy atom. The van der Waals surface area contributed by atoms with Gasteiger partial charge >= 0.3 is 0 Å².